The maximum Gasteiger partial charge on any atom is 0.270 e. The molecule has 0 aliphatic carbocycles. The van der Waals surface area contributed by atoms with Gasteiger partial charge in [0.05, 0.1) is 10.6 Å². The van der Waals surface area contributed by atoms with Crippen LogP contribution in [0, 0.1) is 6.92 Å². The van der Waals surface area contributed by atoms with E-state index in [-0.39, 0.29) is 5.91 Å². The molecule has 124 valence electrons. The summed E-state index contributed by atoms with van der Waals surface area (Å²) in [5.41, 5.74) is 4.06. The molecule has 0 N–H and O–H groups in total. The number of para-hydroxylation sites is 2. The van der Waals surface area contributed by atoms with Gasteiger partial charge in [-0.15, -0.1) is 0 Å². The lowest BCUT2D eigenvalue weighted by Gasteiger charge is -2.16. The molecule has 0 atom stereocenters. The Morgan fingerprint density at radius 1 is 1.08 bits per heavy atom. The summed E-state index contributed by atoms with van der Waals surface area (Å²) >= 11 is 6.83. The van der Waals surface area contributed by atoms with Gasteiger partial charge in [-0.25, -0.2) is 0 Å². The van der Waals surface area contributed by atoms with Gasteiger partial charge in [0.2, 0.25) is 0 Å². The summed E-state index contributed by atoms with van der Waals surface area (Å²) in [6.07, 6.45) is 3.99. The fourth-order valence-corrected chi connectivity index (χ4v) is 4.39. The van der Waals surface area contributed by atoms with Gasteiger partial charge in [0.15, 0.2) is 4.32 Å². The Bertz CT molecular complexity index is 1050. The normalized spacial score (nSPS) is 16.4. The van der Waals surface area contributed by atoms with Gasteiger partial charge in [0.1, 0.15) is 0 Å². The number of hydrogen-bond acceptors (Lipinski definition) is 3. The SMILES string of the molecule is Cc1ccccc1N1C(=O)/C(=C\c2cn(C)c3ccccc23)SC1=S. The van der Waals surface area contributed by atoms with Gasteiger partial charge in [-0.3, -0.25) is 9.69 Å². The lowest BCUT2D eigenvalue weighted by Crippen LogP contribution is -2.28. The molecule has 1 aliphatic rings. The third-order valence-electron chi connectivity index (χ3n) is 4.36. The Labute approximate surface area is 155 Å². The Hall–Kier alpha value is -2.37. The third kappa shape index (κ3) is 2.69. The molecule has 2 heterocycles. The number of carbonyl (C=O) groups excluding carboxylic acids is 1. The first kappa shape index (κ1) is 16.1. The van der Waals surface area contributed by atoms with Crippen molar-refractivity contribution < 1.29 is 4.79 Å². The zero-order chi connectivity index (χ0) is 17.6. The van der Waals surface area contributed by atoms with Crippen LogP contribution < -0.4 is 4.90 Å². The van der Waals surface area contributed by atoms with Crippen molar-refractivity contribution in [2.45, 2.75) is 6.92 Å². The van der Waals surface area contributed by atoms with Crippen molar-refractivity contribution in [3.8, 4) is 0 Å². The number of benzene rings is 2. The maximum atomic E-state index is 13.0. The minimum Gasteiger partial charge on any atom is -0.350 e. The van der Waals surface area contributed by atoms with Gasteiger partial charge >= 0.3 is 0 Å². The molecule has 3 nitrogen and oxygen atoms in total. The molecule has 1 saturated heterocycles. The first-order valence-electron chi connectivity index (χ1n) is 7.94. The zero-order valence-corrected chi connectivity index (χ0v) is 15.5. The quantitative estimate of drug-likeness (QED) is 0.478. The summed E-state index contributed by atoms with van der Waals surface area (Å²) in [6, 6.07) is 16.0. The van der Waals surface area contributed by atoms with Gasteiger partial charge in [-0.05, 0) is 30.7 Å². The van der Waals surface area contributed by atoms with Crippen LogP contribution in [-0.4, -0.2) is 14.8 Å². The van der Waals surface area contributed by atoms with Crippen molar-refractivity contribution in [3.05, 3.63) is 70.8 Å². The van der Waals surface area contributed by atoms with E-state index in [1.807, 2.05) is 62.6 Å². The van der Waals surface area contributed by atoms with Crippen LogP contribution in [0.15, 0.2) is 59.6 Å². The van der Waals surface area contributed by atoms with E-state index in [9.17, 15) is 4.79 Å². The molecular weight excluding hydrogens is 348 g/mol. The average molecular weight is 364 g/mol. The van der Waals surface area contributed by atoms with Crippen molar-refractivity contribution in [1.29, 1.82) is 0 Å². The first-order chi connectivity index (χ1) is 12.1. The van der Waals surface area contributed by atoms with Crippen LogP contribution in [0.2, 0.25) is 0 Å². The number of thiocarbonyl (C=S) groups is 1. The van der Waals surface area contributed by atoms with Crippen LogP contribution in [0.3, 0.4) is 0 Å². The molecule has 1 fully saturated rings. The molecule has 3 aromatic rings. The molecule has 0 bridgehead atoms. The van der Waals surface area contributed by atoms with Crippen molar-refractivity contribution in [2.24, 2.45) is 7.05 Å². The predicted octanol–water partition coefficient (Wildman–Crippen LogP) is 4.89. The van der Waals surface area contributed by atoms with E-state index in [0.717, 1.165) is 27.7 Å². The number of carbonyl (C=O) groups is 1. The first-order valence-corrected chi connectivity index (χ1v) is 9.16. The van der Waals surface area contributed by atoms with Crippen molar-refractivity contribution in [1.82, 2.24) is 4.57 Å². The topological polar surface area (TPSA) is 25.2 Å². The molecule has 0 radical (unpaired) electrons. The number of aryl methyl sites for hydroxylation is 2. The monoisotopic (exact) mass is 364 g/mol. The molecule has 0 saturated carbocycles. The second kappa shape index (κ2) is 6.17. The minimum atomic E-state index is -0.0581. The highest BCUT2D eigenvalue weighted by Crippen LogP contribution is 2.38. The van der Waals surface area contributed by atoms with E-state index in [1.165, 1.54) is 11.8 Å². The van der Waals surface area contributed by atoms with Crippen molar-refractivity contribution in [3.63, 3.8) is 0 Å². The summed E-state index contributed by atoms with van der Waals surface area (Å²) in [5, 5.41) is 1.13. The van der Waals surface area contributed by atoms with E-state index in [2.05, 4.69) is 16.7 Å². The molecular formula is C20H16N2OS2. The van der Waals surface area contributed by atoms with Gasteiger partial charge in [-0.1, -0.05) is 60.4 Å². The number of thioether (sulfide) groups is 1. The van der Waals surface area contributed by atoms with E-state index in [4.69, 9.17) is 12.2 Å². The van der Waals surface area contributed by atoms with Crippen LogP contribution in [0.1, 0.15) is 11.1 Å². The Morgan fingerprint density at radius 2 is 1.80 bits per heavy atom. The molecule has 25 heavy (non-hydrogen) atoms. The molecule has 5 heteroatoms. The molecule has 0 unspecified atom stereocenters. The molecule has 2 aromatic carbocycles. The second-order valence-electron chi connectivity index (χ2n) is 6.02. The van der Waals surface area contributed by atoms with Gasteiger partial charge in [0, 0.05) is 29.7 Å². The second-order valence-corrected chi connectivity index (χ2v) is 7.69. The largest absolute Gasteiger partial charge is 0.350 e. The van der Waals surface area contributed by atoms with Gasteiger partial charge < -0.3 is 4.57 Å². The summed E-state index contributed by atoms with van der Waals surface area (Å²) < 4.78 is 2.65. The lowest BCUT2D eigenvalue weighted by atomic mass is 10.1. The highest BCUT2D eigenvalue weighted by atomic mass is 32.2. The highest BCUT2D eigenvalue weighted by molar-refractivity contribution is 8.27. The number of anilines is 1. The predicted molar refractivity (Wildman–Crippen MR) is 110 cm³/mol. The van der Waals surface area contributed by atoms with Crippen LogP contribution in [-0.2, 0) is 11.8 Å². The van der Waals surface area contributed by atoms with E-state index in [0.29, 0.717) is 9.23 Å². The standard InChI is InChI=1S/C20H16N2OS2/c1-13-7-3-5-9-16(13)22-19(23)18(25-20(22)24)11-14-12-21(2)17-10-6-4-8-15(14)17/h3-12H,1-2H3/b18-11+. The van der Waals surface area contributed by atoms with Gasteiger partial charge in [-0.2, -0.15) is 0 Å². The lowest BCUT2D eigenvalue weighted by molar-refractivity contribution is -0.113. The summed E-state index contributed by atoms with van der Waals surface area (Å²) in [5.74, 6) is -0.0581. The average Bonchev–Trinajstić information content (AvgIpc) is 3.06. The maximum absolute atomic E-state index is 13.0. The summed E-state index contributed by atoms with van der Waals surface area (Å²) in [7, 11) is 2.01. The fraction of sp³-hybridized carbons (Fsp3) is 0.100. The molecule has 0 spiro atoms. The molecule has 1 aromatic heterocycles. The zero-order valence-electron chi connectivity index (χ0n) is 13.9. The molecule has 4 rings (SSSR count). The van der Waals surface area contributed by atoms with Crippen LogP contribution in [0.5, 0.6) is 0 Å². The van der Waals surface area contributed by atoms with Gasteiger partial charge in [0.25, 0.3) is 5.91 Å². The van der Waals surface area contributed by atoms with Crippen molar-refractivity contribution >= 4 is 56.9 Å². The van der Waals surface area contributed by atoms with Crippen molar-refractivity contribution in [2.75, 3.05) is 4.90 Å². The molecule has 1 aliphatic heterocycles. The summed E-state index contributed by atoms with van der Waals surface area (Å²) in [6.45, 7) is 1.99. The Morgan fingerprint density at radius 3 is 2.60 bits per heavy atom. The minimum absolute atomic E-state index is 0.0581. The van der Waals surface area contributed by atoms with Crippen LogP contribution >= 0.6 is 24.0 Å². The molecule has 1 amide bonds. The van der Waals surface area contributed by atoms with E-state index in [1.54, 1.807) is 4.90 Å². The summed E-state index contributed by atoms with van der Waals surface area (Å²) in [4.78, 5) is 15.2. The number of aromatic nitrogens is 1. The Kier molecular flexibility index (Phi) is 3.98. The fourth-order valence-electron chi connectivity index (χ4n) is 3.12. The number of amides is 1. The number of fused-ring (bicyclic) bond motifs is 1. The van der Waals surface area contributed by atoms with E-state index >= 15 is 0 Å². The van der Waals surface area contributed by atoms with E-state index < -0.39 is 0 Å². The highest BCUT2D eigenvalue weighted by Gasteiger charge is 2.34. The number of nitrogens with zero attached hydrogens (tertiary/aromatic N) is 2. The van der Waals surface area contributed by atoms with Crippen LogP contribution in [0.4, 0.5) is 5.69 Å². The Balaban J connectivity index is 1.77. The number of hydrogen-bond donors (Lipinski definition) is 0. The third-order valence-corrected chi connectivity index (χ3v) is 5.67. The number of rotatable bonds is 2. The van der Waals surface area contributed by atoms with Crippen LogP contribution in [0.25, 0.3) is 17.0 Å². The smallest absolute Gasteiger partial charge is 0.270 e.